The van der Waals surface area contributed by atoms with Gasteiger partial charge in [-0.2, -0.15) is 0 Å². The van der Waals surface area contributed by atoms with Crippen LogP contribution in [0.5, 0.6) is 0 Å². The summed E-state index contributed by atoms with van der Waals surface area (Å²) < 4.78 is 0. The summed E-state index contributed by atoms with van der Waals surface area (Å²) in [5.74, 6) is -0.111. The standard InChI is InChI=1S/C19H20N4OS/c1-12-4-5-16(13(2)10-12)23-19-22-14(3)17(25-19)18(24)21-11-15-6-8-20-9-7-15/h4-10H,11H2,1-3H3,(H,21,24)(H,22,23). The van der Waals surface area contributed by atoms with Gasteiger partial charge in [0.2, 0.25) is 0 Å². The van der Waals surface area contributed by atoms with Gasteiger partial charge in [0.15, 0.2) is 5.13 Å². The largest absolute Gasteiger partial charge is 0.347 e. The number of aryl methyl sites for hydroxylation is 3. The first-order valence-electron chi connectivity index (χ1n) is 8.02. The minimum absolute atomic E-state index is 0.111. The maximum Gasteiger partial charge on any atom is 0.263 e. The van der Waals surface area contributed by atoms with Crippen molar-refractivity contribution in [3.63, 3.8) is 0 Å². The summed E-state index contributed by atoms with van der Waals surface area (Å²) in [4.78, 5) is 21.5. The van der Waals surface area contributed by atoms with Gasteiger partial charge in [-0.25, -0.2) is 4.98 Å². The Kier molecular flexibility index (Phi) is 5.09. The van der Waals surface area contributed by atoms with Crippen molar-refractivity contribution >= 4 is 28.1 Å². The molecule has 0 radical (unpaired) electrons. The zero-order valence-electron chi connectivity index (χ0n) is 14.5. The topological polar surface area (TPSA) is 66.9 Å². The van der Waals surface area contributed by atoms with Crippen LogP contribution in [-0.4, -0.2) is 15.9 Å². The molecule has 2 aromatic heterocycles. The number of aromatic nitrogens is 2. The molecule has 2 N–H and O–H groups in total. The SMILES string of the molecule is Cc1ccc(Nc2nc(C)c(C(=O)NCc3ccncc3)s2)c(C)c1. The molecule has 0 aliphatic carbocycles. The molecule has 0 saturated carbocycles. The fraction of sp³-hybridized carbons (Fsp3) is 0.211. The van der Waals surface area contributed by atoms with Crippen LogP contribution in [0.2, 0.25) is 0 Å². The second-order valence-corrected chi connectivity index (χ2v) is 6.91. The Labute approximate surface area is 151 Å². The van der Waals surface area contributed by atoms with Gasteiger partial charge in [0.1, 0.15) is 4.88 Å². The Morgan fingerprint density at radius 2 is 1.88 bits per heavy atom. The number of carbonyl (C=O) groups excluding carboxylic acids is 1. The number of hydrogen-bond acceptors (Lipinski definition) is 5. The summed E-state index contributed by atoms with van der Waals surface area (Å²) in [5, 5.41) is 6.96. The molecule has 1 aromatic carbocycles. The zero-order valence-corrected chi connectivity index (χ0v) is 15.3. The van der Waals surface area contributed by atoms with Crippen molar-refractivity contribution in [1.82, 2.24) is 15.3 Å². The van der Waals surface area contributed by atoms with E-state index in [4.69, 9.17) is 0 Å². The Bertz CT molecular complexity index is 890. The Morgan fingerprint density at radius 1 is 1.12 bits per heavy atom. The van der Waals surface area contributed by atoms with E-state index in [2.05, 4.69) is 46.6 Å². The van der Waals surface area contributed by atoms with Crippen LogP contribution in [0.25, 0.3) is 0 Å². The van der Waals surface area contributed by atoms with Gasteiger partial charge in [0.25, 0.3) is 5.91 Å². The summed E-state index contributed by atoms with van der Waals surface area (Å²) in [6.45, 7) is 6.44. The summed E-state index contributed by atoms with van der Waals surface area (Å²) in [6, 6.07) is 9.97. The lowest BCUT2D eigenvalue weighted by molar-refractivity contribution is 0.0954. The Hall–Kier alpha value is -2.73. The molecule has 6 heteroatoms. The van der Waals surface area contributed by atoms with E-state index >= 15 is 0 Å². The first-order chi connectivity index (χ1) is 12.0. The number of hydrogen-bond donors (Lipinski definition) is 2. The van der Waals surface area contributed by atoms with Gasteiger partial charge in [-0.05, 0) is 50.1 Å². The van der Waals surface area contributed by atoms with Gasteiger partial charge in [-0.15, -0.1) is 0 Å². The fourth-order valence-corrected chi connectivity index (χ4v) is 3.39. The lowest BCUT2D eigenvalue weighted by Crippen LogP contribution is -2.22. The molecule has 0 bridgehead atoms. The van der Waals surface area contributed by atoms with Crippen LogP contribution in [0.4, 0.5) is 10.8 Å². The van der Waals surface area contributed by atoms with Crippen LogP contribution < -0.4 is 10.6 Å². The van der Waals surface area contributed by atoms with E-state index < -0.39 is 0 Å². The van der Waals surface area contributed by atoms with E-state index in [1.54, 1.807) is 12.4 Å². The molecular weight excluding hydrogens is 332 g/mol. The van der Waals surface area contributed by atoms with Crippen LogP contribution in [0.15, 0.2) is 42.7 Å². The van der Waals surface area contributed by atoms with Crippen molar-refractivity contribution in [2.75, 3.05) is 5.32 Å². The molecule has 2 heterocycles. The second-order valence-electron chi connectivity index (χ2n) is 5.92. The highest BCUT2D eigenvalue weighted by atomic mass is 32.1. The third-order valence-electron chi connectivity index (χ3n) is 3.83. The van der Waals surface area contributed by atoms with Gasteiger partial charge < -0.3 is 10.6 Å². The normalized spacial score (nSPS) is 10.5. The number of amides is 1. The summed E-state index contributed by atoms with van der Waals surface area (Å²) in [7, 11) is 0. The number of pyridine rings is 1. The van der Waals surface area contributed by atoms with Crippen LogP contribution in [0.1, 0.15) is 32.1 Å². The van der Waals surface area contributed by atoms with Gasteiger partial charge >= 0.3 is 0 Å². The molecule has 0 fully saturated rings. The third-order valence-corrected chi connectivity index (χ3v) is 4.90. The average Bonchev–Trinajstić information content (AvgIpc) is 2.97. The van der Waals surface area contributed by atoms with Crippen LogP contribution in [0.3, 0.4) is 0 Å². The van der Waals surface area contributed by atoms with E-state index in [0.29, 0.717) is 11.4 Å². The predicted molar refractivity (Wildman–Crippen MR) is 101 cm³/mol. The van der Waals surface area contributed by atoms with Gasteiger partial charge in [-0.1, -0.05) is 29.0 Å². The second kappa shape index (κ2) is 7.44. The van der Waals surface area contributed by atoms with Crippen LogP contribution in [0, 0.1) is 20.8 Å². The van der Waals surface area contributed by atoms with E-state index in [1.807, 2.05) is 25.1 Å². The molecule has 5 nitrogen and oxygen atoms in total. The molecule has 0 unspecified atom stereocenters. The van der Waals surface area contributed by atoms with E-state index in [1.165, 1.54) is 16.9 Å². The van der Waals surface area contributed by atoms with Crippen LogP contribution >= 0.6 is 11.3 Å². The van der Waals surface area contributed by atoms with Gasteiger partial charge in [0, 0.05) is 24.6 Å². The fourth-order valence-electron chi connectivity index (χ4n) is 2.49. The summed E-state index contributed by atoms with van der Waals surface area (Å²) >= 11 is 1.36. The lowest BCUT2D eigenvalue weighted by Gasteiger charge is -2.07. The van der Waals surface area contributed by atoms with E-state index in [9.17, 15) is 4.79 Å². The molecule has 3 rings (SSSR count). The first-order valence-corrected chi connectivity index (χ1v) is 8.83. The van der Waals surface area contributed by atoms with Crippen molar-refractivity contribution in [1.29, 1.82) is 0 Å². The molecule has 3 aromatic rings. The lowest BCUT2D eigenvalue weighted by atomic mass is 10.1. The molecule has 0 aliphatic heterocycles. The van der Waals surface area contributed by atoms with Crippen molar-refractivity contribution in [2.45, 2.75) is 27.3 Å². The monoisotopic (exact) mass is 352 g/mol. The zero-order chi connectivity index (χ0) is 17.8. The number of thiazole rings is 1. The van der Waals surface area contributed by atoms with Crippen molar-refractivity contribution in [2.24, 2.45) is 0 Å². The van der Waals surface area contributed by atoms with Crippen molar-refractivity contribution < 1.29 is 4.79 Å². The van der Waals surface area contributed by atoms with Gasteiger partial charge in [0.05, 0.1) is 5.69 Å². The summed E-state index contributed by atoms with van der Waals surface area (Å²) in [6.07, 6.45) is 3.43. The molecule has 0 spiro atoms. The number of rotatable bonds is 5. The Balaban J connectivity index is 1.70. The molecule has 128 valence electrons. The van der Waals surface area contributed by atoms with Crippen LogP contribution in [-0.2, 0) is 6.54 Å². The smallest absolute Gasteiger partial charge is 0.263 e. The van der Waals surface area contributed by atoms with Gasteiger partial charge in [-0.3, -0.25) is 9.78 Å². The maximum atomic E-state index is 12.4. The highest BCUT2D eigenvalue weighted by Crippen LogP contribution is 2.27. The van der Waals surface area contributed by atoms with E-state index in [-0.39, 0.29) is 5.91 Å². The average molecular weight is 352 g/mol. The molecular formula is C19H20N4OS. The number of nitrogens with zero attached hydrogens (tertiary/aromatic N) is 2. The third kappa shape index (κ3) is 4.22. The number of carbonyl (C=O) groups is 1. The Morgan fingerprint density at radius 3 is 2.60 bits per heavy atom. The maximum absolute atomic E-state index is 12.4. The predicted octanol–water partition coefficient (Wildman–Crippen LogP) is 4.14. The number of nitrogens with one attached hydrogen (secondary N) is 2. The molecule has 25 heavy (non-hydrogen) atoms. The van der Waals surface area contributed by atoms with Crippen molar-refractivity contribution in [3.05, 3.63) is 70.0 Å². The minimum atomic E-state index is -0.111. The quantitative estimate of drug-likeness (QED) is 0.724. The minimum Gasteiger partial charge on any atom is -0.347 e. The summed E-state index contributed by atoms with van der Waals surface area (Å²) in [5.41, 5.74) is 5.11. The van der Waals surface area contributed by atoms with Crippen molar-refractivity contribution in [3.8, 4) is 0 Å². The molecule has 0 aliphatic rings. The first kappa shape index (κ1) is 17.1. The molecule has 0 atom stereocenters. The van der Waals surface area contributed by atoms with E-state index in [0.717, 1.165) is 27.6 Å². The number of benzene rings is 1. The highest BCUT2D eigenvalue weighted by molar-refractivity contribution is 7.17. The highest BCUT2D eigenvalue weighted by Gasteiger charge is 2.15. The molecule has 0 saturated heterocycles. The molecule has 1 amide bonds. The number of anilines is 2.